The Morgan fingerprint density at radius 2 is 1.90 bits per heavy atom. The van der Waals surface area contributed by atoms with E-state index >= 15 is 0 Å². The zero-order valence-corrected chi connectivity index (χ0v) is 17.3. The summed E-state index contributed by atoms with van der Waals surface area (Å²) in [6.45, 7) is 0. The fourth-order valence-corrected chi connectivity index (χ4v) is 4.28. The Kier molecular flexibility index (Phi) is 5.42. The number of nitrogens with zero attached hydrogens (tertiary/aromatic N) is 1. The molecule has 1 fully saturated rings. The molecule has 3 aromatic rings. The molecule has 1 amide bonds. The van der Waals surface area contributed by atoms with E-state index in [0.717, 1.165) is 11.8 Å². The number of amidine groups is 1. The number of carbonyl (C=O) groups excluding carboxylic acids is 2. The van der Waals surface area contributed by atoms with Crippen molar-refractivity contribution in [2.75, 3.05) is 4.90 Å². The van der Waals surface area contributed by atoms with Crippen LogP contribution in [0, 0.1) is 5.41 Å². The molecule has 30 heavy (non-hydrogen) atoms. The molecule has 0 atom stereocenters. The van der Waals surface area contributed by atoms with Crippen LogP contribution in [-0.4, -0.2) is 17.0 Å². The third-order valence-electron chi connectivity index (χ3n) is 4.29. The second-order valence-corrected chi connectivity index (χ2v) is 8.06. The number of nitrogens with one attached hydrogen (secondary N) is 1. The zero-order chi connectivity index (χ0) is 21.4. The van der Waals surface area contributed by atoms with Gasteiger partial charge in [-0.1, -0.05) is 47.5 Å². The van der Waals surface area contributed by atoms with Crippen molar-refractivity contribution in [2.24, 2.45) is 0 Å². The molecule has 0 unspecified atom stereocenters. The monoisotopic (exact) mass is 457 g/mol. The Bertz CT molecular complexity index is 1240. The van der Waals surface area contributed by atoms with Crippen molar-refractivity contribution in [3.05, 3.63) is 80.9 Å². The molecule has 4 rings (SSSR count). The van der Waals surface area contributed by atoms with Crippen molar-refractivity contribution >= 4 is 63.8 Å². The third-order valence-corrected chi connectivity index (χ3v) is 5.71. The summed E-state index contributed by atoms with van der Waals surface area (Å²) in [7, 11) is 0. The van der Waals surface area contributed by atoms with E-state index in [-0.39, 0.29) is 20.7 Å². The van der Waals surface area contributed by atoms with E-state index in [9.17, 15) is 14.7 Å². The van der Waals surface area contributed by atoms with Crippen LogP contribution in [0.5, 0.6) is 0 Å². The number of halogens is 2. The number of thioether (sulfide) groups is 1. The summed E-state index contributed by atoms with van der Waals surface area (Å²) in [4.78, 5) is 25.6. The molecule has 0 bridgehead atoms. The lowest BCUT2D eigenvalue weighted by Crippen LogP contribution is -2.28. The Morgan fingerprint density at radius 3 is 2.63 bits per heavy atom. The Morgan fingerprint density at radius 1 is 1.13 bits per heavy atom. The first-order valence-electron chi connectivity index (χ1n) is 8.53. The van der Waals surface area contributed by atoms with E-state index in [1.807, 2.05) is 0 Å². The van der Waals surface area contributed by atoms with Gasteiger partial charge in [-0.15, -0.1) is 0 Å². The van der Waals surface area contributed by atoms with Crippen molar-refractivity contribution in [2.45, 2.75) is 0 Å². The number of benzene rings is 2. The van der Waals surface area contributed by atoms with Crippen LogP contribution in [0.1, 0.15) is 16.1 Å². The number of hydrogen-bond donors (Lipinski definition) is 1. The van der Waals surface area contributed by atoms with Crippen molar-refractivity contribution in [1.29, 1.82) is 5.41 Å². The first-order valence-corrected chi connectivity index (χ1v) is 10.1. The summed E-state index contributed by atoms with van der Waals surface area (Å²) < 4.78 is 5.72. The average molecular weight is 458 g/mol. The molecule has 1 saturated heterocycles. The fraction of sp³-hybridized carbons (Fsp3) is 0. The predicted molar refractivity (Wildman–Crippen MR) is 116 cm³/mol. The molecule has 150 valence electrons. The van der Waals surface area contributed by atoms with Gasteiger partial charge in [-0.25, -0.2) is 0 Å². The summed E-state index contributed by atoms with van der Waals surface area (Å²) in [5, 5.41) is 20.1. The number of aromatic carboxylic acids is 1. The van der Waals surface area contributed by atoms with E-state index in [4.69, 9.17) is 33.0 Å². The number of rotatable bonds is 4. The summed E-state index contributed by atoms with van der Waals surface area (Å²) in [5.41, 5.74) is 0.729. The van der Waals surface area contributed by atoms with Gasteiger partial charge in [-0.2, -0.15) is 0 Å². The highest BCUT2D eigenvalue weighted by atomic mass is 35.5. The molecule has 0 spiro atoms. The topological polar surface area (TPSA) is 97.4 Å². The second kappa shape index (κ2) is 8.02. The predicted octanol–water partition coefficient (Wildman–Crippen LogP) is 4.67. The second-order valence-electron chi connectivity index (χ2n) is 6.19. The van der Waals surface area contributed by atoms with Gasteiger partial charge in [-0.3, -0.25) is 15.1 Å². The van der Waals surface area contributed by atoms with E-state index < -0.39 is 11.9 Å². The molecule has 1 aromatic heterocycles. The molecule has 9 heteroatoms. The normalized spacial score (nSPS) is 15.3. The number of hydrogen-bond acceptors (Lipinski definition) is 6. The summed E-state index contributed by atoms with van der Waals surface area (Å²) in [6, 6.07) is 14.2. The smallest absolute Gasteiger partial charge is 0.271 e. The number of amides is 1. The molecule has 6 nitrogen and oxygen atoms in total. The minimum absolute atomic E-state index is 0.00250. The van der Waals surface area contributed by atoms with Gasteiger partial charge in [0.2, 0.25) is 0 Å². The van der Waals surface area contributed by atoms with Gasteiger partial charge in [-0.05, 0) is 42.1 Å². The molecule has 1 aliphatic heterocycles. The minimum Gasteiger partial charge on any atom is -0.545 e. The van der Waals surface area contributed by atoms with Crippen LogP contribution >= 0.6 is 35.0 Å². The molecule has 0 aliphatic carbocycles. The third kappa shape index (κ3) is 3.75. The molecule has 0 radical (unpaired) electrons. The highest BCUT2D eigenvalue weighted by Gasteiger charge is 2.35. The lowest BCUT2D eigenvalue weighted by Gasteiger charge is -2.16. The van der Waals surface area contributed by atoms with Crippen molar-refractivity contribution < 1.29 is 19.1 Å². The van der Waals surface area contributed by atoms with E-state index in [1.54, 1.807) is 42.5 Å². The fourth-order valence-electron chi connectivity index (χ4n) is 2.95. The molecule has 1 aliphatic rings. The number of anilines is 1. The molecule has 2 heterocycles. The zero-order valence-electron chi connectivity index (χ0n) is 15.0. The standard InChI is InChI=1S/C21H12Cl2N2O4S/c22-11-5-7-16(15(23)9-11)25-19(26)18(30-21(25)24)10-12-6-8-17(29-12)13-3-1-2-4-14(13)20(27)28/h1-10,24H,(H,27,28)/p-1/b18-10-,24-21?. The number of carboxylic acids is 1. The highest BCUT2D eigenvalue weighted by molar-refractivity contribution is 8.19. The average Bonchev–Trinajstić information content (AvgIpc) is 3.27. The van der Waals surface area contributed by atoms with Crippen LogP contribution in [-0.2, 0) is 4.79 Å². The first kappa shape index (κ1) is 20.3. The quantitative estimate of drug-likeness (QED) is 0.573. The van der Waals surface area contributed by atoms with Crippen molar-refractivity contribution in [1.82, 2.24) is 0 Å². The van der Waals surface area contributed by atoms with E-state index in [0.29, 0.717) is 27.8 Å². The van der Waals surface area contributed by atoms with Crippen molar-refractivity contribution in [3.63, 3.8) is 0 Å². The minimum atomic E-state index is -1.31. The van der Waals surface area contributed by atoms with Crippen molar-refractivity contribution in [3.8, 4) is 11.3 Å². The van der Waals surface area contributed by atoms with Gasteiger partial charge < -0.3 is 14.3 Å². The Labute approximate surface area is 185 Å². The maximum absolute atomic E-state index is 12.9. The summed E-state index contributed by atoms with van der Waals surface area (Å²) >= 11 is 13.1. The van der Waals surface area contributed by atoms with E-state index in [2.05, 4.69) is 0 Å². The van der Waals surface area contributed by atoms with Crippen LogP contribution in [0.3, 0.4) is 0 Å². The van der Waals surface area contributed by atoms with Gasteiger partial charge in [0, 0.05) is 22.2 Å². The van der Waals surface area contributed by atoms with Crippen LogP contribution < -0.4 is 10.0 Å². The molecular weight excluding hydrogens is 447 g/mol. The van der Waals surface area contributed by atoms with Gasteiger partial charge in [0.1, 0.15) is 11.5 Å². The number of carboxylic acid groups (broad SMARTS) is 1. The highest BCUT2D eigenvalue weighted by Crippen LogP contribution is 2.39. The van der Waals surface area contributed by atoms with E-state index in [1.165, 1.54) is 23.1 Å². The molecule has 2 aromatic carbocycles. The summed E-state index contributed by atoms with van der Waals surface area (Å²) in [6.07, 6.45) is 1.50. The van der Waals surface area contributed by atoms with Gasteiger partial charge >= 0.3 is 0 Å². The van der Waals surface area contributed by atoms with Crippen LogP contribution in [0.2, 0.25) is 10.0 Å². The first-order chi connectivity index (χ1) is 14.3. The lowest BCUT2D eigenvalue weighted by atomic mass is 10.1. The van der Waals surface area contributed by atoms with Crippen LogP contribution in [0.4, 0.5) is 5.69 Å². The lowest BCUT2D eigenvalue weighted by molar-refractivity contribution is -0.254. The largest absolute Gasteiger partial charge is 0.545 e. The number of carbonyl (C=O) groups is 2. The Balaban J connectivity index is 1.65. The number of furan rings is 1. The SMILES string of the molecule is N=C1S/C(=C\c2ccc(-c3ccccc3C(=O)[O-])o2)C(=O)N1c1ccc(Cl)cc1Cl. The van der Waals surface area contributed by atoms with Gasteiger partial charge in [0.05, 0.1) is 21.6 Å². The maximum Gasteiger partial charge on any atom is 0.271 e. The van der Waals surface area contributed by atoms with Gasteiger partial charge in [0.15, 0.2) is 5.17 Å². The van der Waals surface area contributed by atoms with Crippen LogP contribution in [0.15, 0.2) is 63.9 Å². The molecular formula is C21H11Cl2N2O4S-. The van der Waals surface area contributed by atoms with Crippen LogP contribution in [0.25, 0.3) is 17.4 Å². The molecule has 0 saturated carbocycles. The van der Waals surface area contributed by atoms with Gasteiger partial charge in [0.25, 0.3) is 5.91 Å². The Hall–Kier alpha value is -3.00. The maximum atomic E-state index is 12.9. The molecule has 1 N–H and O–H groups in total. The summed E-state index contributed by atoms with van der Waals surface area (Å²) in [5.74, 6) is -1.08.